The summed E-state index contributed by atoms with van der Waals surface area (Å²) in [6, 6.07) is 6.05. The fourth-order valence-electron chi connectivity index (χ4n) is 1.30. The maximum Gasteiger partial charge on any atom is 0.192 e. The van der Waals surface area contributed by atoms with E-state index < -0.39 is 0 Å². The van der Waals surface area contributed by atoms with Crippen LogP contribution in [0, 0.1) is 19.7 Å². The molecule has 71 valence electrons. The van der Waals surface area contributed by atoms with Crippen molar-refractivity contribution in [3.63, 3.8) is 0 Å². The number of rotatable bonds is 1. The monoisotopic (exact) mass is 190 g/mol. The van der Waals surface area contributed by atoms with Crippen LogP contribution in [0.4, 0.5) is 4.39 Å². The van der Waals surface area contributed by atoms with E-state index in [1.807, 2.05) is 0 Å². The van der Waals surface area contributed by atoms with Crippen LogP contribution in [0.1, 0.15) is 11.6 Å². The summed E-state index contributed by atoms with van der Waals surface area (Å²) in [5.41, 5.74) is 1.37. The van der Waals surface area contributed by atoms with E-state index >= 15 is 0 Å². The van der Waals surface area contributed by atoms with Gasteiger partial charge in [0.05, 0.1) is 5.69 Å². The molecule has 0 saturated carbocycles. The summed E-state index contributed by atoms with van der Waals surface area (Å²) in [6.07, 6.45) is 0. The average Bonchev–Trinajstić information content (AvgIpc) is 2.47. The molecule has 0 atom stereocenters. The smallest absolute Gasteiger partial charge is 0.192 e. The van der Waals surface area contributed by atoms with Crippen molar-refractivity contribution in [2.45, 2.75) is 6.92 Å². The lowest BCUT2D eigenvalue weighted by Gasteiger charge is -1.96. The zero-order valence-corrected chi connectivity index (χ0v) is 7.75. The maximum absolute atomic E-state index is 12.6. The molecule has 0 aliphatic heterocycles. The lowest BCUT2D eigenvalue weighted by molar-refractivity contribution is 0.534. The van der Waals surface area contributed by atoms with E-state index in [1.54, 1.807) is 19.1 Å². The van der Waals surface area contributed by atoms with Crippen LogP contribution >= 0.6 is 0 Å². The van der Waals surface area contributed by atoms with Gasteiger partial charge in [-0.2, -0.15) is 0 Å². The van der Waals surface area contributed by atoms with Crippen LogP contribution in [0.15, 0.2) is 28.7 Å². The predicted molar refractivity (Wildman–Crippen MR) is 51.1 cm³/mol. The molecule has 0 N–H and O–H groups in total. The van der Waals surface area contributed by atoms with E-state index in [0.717, 1.165) is 5.56 Å². The van der Waals surface area contributed by atoms with E-state index in [2.05, 4.69) is 11.9 Å². The van der Waals surface area contributed by atoms with Crippen molar-refractivity contribution in [1.29, 1.82) is 0 Å². The van der Waals surface area contributed by atoms with E-state index in [1.165, 1.54) is 12.1 Å². The highest BCUT2D eigenvalue weighted by atomic mass is 19.1. The first kappa shape index (κ1) is 8.94. The summed E-state index contributed by atoms with van der Waals surface area (Å²) < 4.78 is 18.0. The molecule has 2 aromatic rings. The molecule has 2 rings (SSSR count). The Morgan fingerprint density at radius 2 is 1.93 bits per heavy atom. The van der Waals surface area contributed by atoms with E-state index in [0.29, 0.717) is 17.3 Å². The molecule has 1 radical (unpaired) electrons. The lowest BCUT2D eigenvalue weighted by atomic mass is 10.1. The van der Waals surface area contributed by atoms with Gasteiger partial charge in [0, 0.05) is 12.5 Å². The highest BCUT2D eigenvalue weighted by Gasteiger charge is 2.08. The number of hydrogen-bond acceptors (Lipinski definition) is 2. The van der Waals surface area contributed by atoms with Crippen molar-refractivity contribution >= 4 is 0 Å². The largest absolute Gasteiger partial charge is 0.441 e. The second-order valence-electron chi connectivity index (χ2n) is 3.02. The van der Waals surface area contributed by atoms with Crippen LogP contribution < -0.4 is 0 Å². The Balaban J connectivity index is 2.49. The summed E-state index contributed by atoms with van der Waals surface area (Å²) in [5.74, 6) is 0.896. The third kappa shape index (κ3) is 1.53. The zero-order chi connectivity index (χ0) is 10.1. The first-order valence-corrected chi connectivity index (χ1v) is 4.22. The second-order valence-corrected chi connectivity index (χ2v) is 3.02. The molecule has 0 aliphatic rings. The van der Waals surface area contributed by atoms with Gasteiger partial charge in [0.2, 0.25) is 0 Å². The Labute approximate surface area is 81.4 Å². The molecule has 0 fully saturated rings. The molecule has 14 heavy (non-hydrogen) atoms. The molecule has 1 aromatic heterocycles. The van der Waals surface area contributed by atoms with Gasteiger partial charge in [0.1, 0.15) is 5.82 Å². The molecule has 0 unspecified atom stereocenters. The summed E-state index contributed by atoms with van der Waals surface area (Å²) in [4.78, 5) is 4.04. The number of halogens is 1. The van der Waals surface area contributed by atoms with Crippen LogP contribution in [0.2, 0.25) is 0 Å². The minimum atomic E-state index is -0.268. The standard InChI is InChI=1S/C11H9FNO/c1-7-11(14-8(2)13-7)9-3-5-10(12)6-4-9/h3-6H,1H2,2H3. The number of hydrogen-bond donors (Lipinski definition) is 0. The zero-order valence-electron chi connectivity index (χ0n) is 7.75. The van der Waals surface area contributed by atoms with E-state index in [9.17, 15) is 4.39 Å². The second kappa shape index (κ2) is 3.25. The molecule has 0 saturated heterocycles. The topological polar surface area (TPSA) is 26.0 Å². The van der Waals surface area contributed by atoms with Crippen LogP contribution in [0.3, 0.4) is 0 Å². The Morgan fingerprint density at radius 1 is 1.29 bits per heavy atom. The number of oxazole rings is 1. The first-order valence-electron chi connectivity index (χ1n) is 4.22. The van der Waals surface area contributed by atoms with Crippen LogP contribution in [0.5, 0.6) is 0 Å². The quantitative estimate of drug-likeness (QED) is 0.690. The van der Waals surface area contributed by atoms with Gasteiger partial charge in [-0.1, -0.05) is 0 Å². The Bertz CT molecular complexity index is 445. The lowest BCUT2D eigenvalue weighted by Crippen LogP contribution is -1.79. The molecule has 0 spiro atoms. The number of benzene rings is 1. The third-order valence-electron chi connectivity index (χ3n) is 1.91. The van der Waals surface area contributed by atoms with Gasteiger partial charge in [0.15, 0.2) is 11.7 Å². The van der Waals surface area contributed by atoms with Gasteiger partial charge < -0.3 is 4.42 Å². The summed E-state index contributed by atoms with van der Waals surface area (Å²) >= 11 is 0. The highest BCUT2D eigenvalue weighted by molar-refractivity contribution is 5.60. The molecular weight excluding hydrogens is 181 g/mol. The maximum atomic E-state index is 12.6. The molecule has 3 heteroatoms. The molecule has 0 amide bonds. The Hall–Kier alpha value is -1.64. The van der Waals surface area contributed by atoms with Crippen LogP contribution in [-0.2, 0) is 0 Å². The van der Waals surface area contributed by atoms with Gasteiger partial charge in [-0.15, -0.1) is 0 Å². The van der Waals surface area contributed by atoms with Gasteiger partial charge >= 0.3 is 0 Å². The van der Waals surface area contributed by atoms with Crippen molar-refractivity contribution in [1.82, 2.24) is 4.98 Å². The molecule has 0 aliphatic carbocycles. The Kier molecular flexibility index (Phi) is 2.08. The van der Waals surface area contributed by atoms with E-state index in [4.69, 9.17) is 4.42 Å². The first-order chi connectivity index (χ1) is 6.66. The number of nitrogens with zero attached hydrogens (tertiary/aromatic N) is 1. The SMILES string of the molecule is [CH2]c1nc(C)oc1-c1ccc(F)cc1. The Morgan fingerprint density at radius 3 is 2.43 bits per heavy atom. The van der Waals surface area contributed by atoms with Crippen molar-refractivity contribution < 1.29 is 8.81 Å². The fraction of sp³-hybridized carbons (Fsp3) is 0.0909. The normalized spacial score (nSPS) is 10.5. The molecule has 1 aromatic carbocycles. The van der Waals surface area contributed by atoms with Gasteiger partial charge in [-0.3, -0.25) is 0 Å². The van der Waals surface area contributed by atoms with Gasteiger partial charge in [0.25, 0.3) is 0 Å². The van der Waals surface area contributed by atoms with Crippen molar-refractivity contribution in [2.24, 2.45) is 0 Å². The highest BCUT2D eigenvalue weighted by Crippen LogP contribution is 2.24. The molecule has 0 bridgehead atoms. The summed E-state index contributed by atoms with van der Waals surface area (Å²) in [7, 11) is 0. The third-order valence-corrected chi connectivity index (χ3v) is 1.91. The van der Waals surface area contributed by atoms with Crippen LogP contribution in [-0.4, -0.2) is 4.98 Å². The van der Waals surface area contributed by atoms with Gasteiger partial charge in [-0.05, 0) is 31.2 Å². The minimum absolute atomic E-state index is 0.268. The average molecular weight is 190 g/mol. The van der Waals surface area contributed by atoms with Crippen molar-refractivity contribution in [3.05, 3.63) is 48.6 Å². The summed E-state index contributed by atoms with van der Waals surface area (Å²) in [6.45, 7) is 5.49. The molecule has 1 heterocycles. The van der Waals surface area contributed by atoms with Crippen LogP contribution in [0.25, 0.3) is 11.3 Å². The van der Waals surface area contributed by atoms with Gasteiger partial charge in [-0.25, -0.2) is 9.37 Å². The minimum Gasteiger partial charge on any atom is -0.441 e. The molecule has 2 nitrogen and oxygen atoms in total. The number of aryl methyl sites for hydroxylation is 1. The number of aromatic nitrogens is 1. The predicted octanol–water partition coefficient (Wildman–Crippen LogP) is 2.97. The summed E-state index contributed by atoms with van der Waals surface area (Å²) in [5, 5.41) is 0. The fourth-order valence-corrected chi connectivity index (χ4v) is 1.30. The van der Waals surface area contributed by atoms with Crippen molar-refractivity contribution in [2.75, 3.05) is 0 Å². The van der Waals surface area contributed by atoms with Crippen molar-refractivity contribution in [3.8, 4) is 11.3 Å². The molecular formula is C11H9FNO. The van der Waals surface area contributed by atoms with E-state index in [-0.39, 0.29) is 5.82 Å².